The van der Waals surface area contributed by atoms with Crippen LogP contribution in [0.2, 0.25) is 0 Å². The van der Waals surface area contributed by atoms with Gasteiger partial charge in [-0.2, -0.15) is 0 Å². The number of ether oxygens (including phenoxy) is 1. The highest BCUT2D eigenvalue weighted by atomic mass is 19.2. The minimum absolute atomic E-state index is 0.208. The van der Waals surface area contributed by atoms with Gasteiger partial charge in [0, 0.05) is 13.5 Å². The molecule has 2 nitrogen and oxygen atoms in total. The molecule has 0 aromatic heterocycles. The highest BCUT2D eigenvalue weighted by Gasteiger charge is 2.28. The van der Waals surface area contributed by atoms with Crippen molar-refractivity contribution in [2.24, 2.45) is 0 Å². The van der Waals surface area contributed by atoms with Gasteiger partial charge in [0.25, 0.3) is 0 Å². The molecule has 0 spiro atoms. The van der Waals surface area contributed by atoms with Crippen molar-refractivity contribution in [3.05, 3.63) is 35.4 Å². The standard InChI is InChI=1S/C12H16F2O2/c1-8(16-3)12(2,15)7-9-4-5-10(13)11(14)6-9/h4-6,8,15H,7H2,1-3H3. The SMILES string of the molecule is COC(C)C(C)(O)Cc1ccc(F)c(F)c1. The van der Waals surface area contributed by atoms with E-state index in [-0.39, 0.29) is 12.5 Å². The normalized spacial score (nSPS) is 16.9. The van der Waals surface area contributed by atoms with Gasteiger partial charge in [0.15, 0.2) is 11.6 Å². The van der Waals surface area contributed by atoms with Gasteiger partial charge in [0.2, 0.25) is 0 Å². The fourth-order valence-electron chi connectivity index (χ4n) is 1.46. The lowest BCUT2D eigenvalue weighted by Crippen LogP contribution is -2.40. The average Bonchev–Trinajstić information content (AvgIpc) is 2.22. The number of hydrogen-bond donors (Lipinski definition) is 1. The highest BCUT2D eigenvalue weighted by Crippen LogP contribution is 2.20. The summed E-state index contributed by atoms with van der Waals surface area (Å²) in [6, 6.07) is 3.60. The second-order valence-corrected chi connectivity index (χ2v) is 4.16. The molecule has 90 valence electrons. The molecule has 0 aliphatic heterocycles. The number of benzene rings is 1. The van der Waals surface area contributed by atoms with E-state index in [4.69, 9.17) is 4.74 Å². The molecule has 0 saturated carbocycles. The quantitative estimate of drug-likeness (QED) is 0.860. The molecule has 0 bridgehead atoms. The third-order valence-corrected chi connectivity index (χ3v) is 2.78. The maximum atomic E-state index is 12.9. The van der Waals surface area contributed by atoms with Crippen LogP contribution in [0.1, 0.15) is 19.4 Å². The number of methoxy groups -OCH3 is 1. The van der Waals surface area contributed by atoms with Gasteiger partial charge in [-0.05, 0) is 31.5 Å². The minimum atomic E-state index is -1.11. The molecule has 2 unspecified atom stereocenters. The molecule has 0 radical (unpaired) electrons. The Morgan fingerprint density at radius 1 is 1.38 bits per heavy atom. The van der Waals surface area contributed by atoms with E-state index in [0.29, 0.717) is 5.56 Å². The largest absolute Gasteiger partial charge is 0.387 e. The van der Waals surface area contributed by atoms with E-state index in [1.165, 1.54) is 13.2 Å². The van der Waals surface area contributed by atoms with Crippen LogP contribution in [0, 0.1) is 11.6 Å². The molecule has 1 aromatic carbocycles. The minimum Gasteiger partial charge on any atom is -0.387 e. The van der Waals surface area contributed by atoms with Gasteiger partial charge in [0.05, 0.1) is 11.7 Å². The molecule has 1 N–H and O–H groups in total. The monoisotopic (exact) mass is 230 g/mol. The fourth-order valence-corrected chi connectivity index (χ4v) is 1.46. The highest BCUT2D eigenvalue weighted by molar-refractivity contribution is 5.19. The first kappa shape index (κ1) is 13.1. The first-order chi connectivity index (χ1) is 7.36. The molecule has 0 heterocycles. The summed E-state index contributed by atoms with van der Waals surface area (Å²) in [4.78, 5) is 0. The third kappa shape index (κ3) is 3.00. The van der Waals surface area contributed by atoms with Crippen LogP contribution < -0.4 is 0 Å². The van der Waals surface area contributed by atoms with Gasteiger partial charge in [-0.15, -0.1) is 0 Å². The molecule has 2 atom stereocenters. The summed E-state index contributed by atoms with van der Waals surface area (Å²) in [6.07, 6.45) is -0.181. The van der Waals surface area contributed by atoms with E-state index in [9.17, 15) is 13.9 Å². The van der Waals surface area contributed by atoms with Crippen LogP contribution in [0.15, 0.2) is 18.2 Å². The second kappa shape index (κ2) is 4.89. The van der Waals surface area contributed by atoms with Gasteiger partial charge in [0.1, 0.15) is 0 Å². The summed E-state index contributed by atoms with van der Waals surface area (Å²) >= 11 is 0. The molecule has 0 fully saturated rings. The summed E-state index contributed by atoms with van der Waals surface area (Å²) in [5, 5.41) is 10.1. The molecule has 1 aromatic rings. The van der Waals surface area contributed by atoms with E-state index in [0.717, 1.165) is 12.1 Å². The predicted octanol–water partition coefficient (Wildman–Crippen LogP) is 2.29. The number of halogens is 2. The Labute approximate surface area is 93.9 Å². The van der Waals surface area contributed by atoms with Crippen molar-refractivity contribution in [2.45, 2.75) is 32.0 Å². The summed E-state index contributed by atoms with van der Waals surface area (Å²) in [5.74, 6) is -1.79. The van der Waals surface area contributed by atoms with Crippen molar-refractivity contribution < 1.29 is 18.6 Å². The van der Waals surface area contributed by atoms with Crippen molar-refractivity contribution in [1.82, 2.24) is 0 Å². The smallest absolute Gasteiger partial charge is 0.159 e. The zero-order chi connectivity index (χ0) is 12.3. The Balaban J connectivity index is 2.84. The van der Waals surface area contributed by atoms with Crippen molar-refractivity contribution in [3.8, 4) is 0 Å². The van der Waals surface area contributed by atoms with Crippen LogP contribution in [0.5, 0.6) is 0 Å². The topological polar surface area (TPSA) is 29.5 Å². The Kier molecular flexibility index (Phi) is 3.99. The number of hydrogen-bond acceptors (Lipinski definition) is 2. The lowest BCUT2D eigenvalue weighted by Gasteiger charge is -2.29. The first-order valence-electron chi connectivity index (χ1n) is 5.06. The van der Waals surface area contributed by atoms with Crippen LogP contribution >= 0.6 is 0 Å². The Bertz CT molecular complexity index is 364. The van der Waals surface area contributed by atoms with Crippen molar-refractivity contribution in [1.29, 1.82) is 0 Å². The fraction of sp³-hybridized carbons (Fsp3) is 0.500. The third-order valence-electron chi connectivity index (χ3n) is 2.78. The lowest BCUT2D eigenvalue weighted by atomic mass is 9.91. The Morgan fingerprint density at radius 3 is 2.50 bits per heavy atom. The Hall–Kier alpha value is -1.00. The van der Waals surface area contributed by atoms with E-state index in [2.05, 4.69) is 0 Å². The first-order valence-corrected chi connectivity index (χ1v) is 5.06. The van der Waals surface area contributed by atoms with Crippen LogP contribution in [0.25, 0.3) is 0 Å². The van der Waals surface area contributed by atoms with Gasteiger partial charge in [-0.1, -0.05) is 6.07 Å². The zero-order valence-corrected chi connectivity index (χ0v) is 9.63. The summed E-state index contributed by atoms with van der Waals surface area (Å²) < 4.78 is 30.7. The zero-order valence-electron chi connectivity index (χ0n) is 9.63. The van der Waals surface area contributed by atoms with Crippen LogP contribution in [-0.4, -0.2) is 23.9 Å². The van der Waals surface area contributed by atoms with E-state index in [1.54, 1.807) is 13.8 Å². The summed E-state index contributed by atoms with van der Waals surface area (Å²) in [6.45, 7) is 3.32. The van der Waals surface area contributed by atoms with Crippen LogP contribution in [-0.2, 0) is 11.2 Å². The van der Waals surface area contributed by atoms with Crippen molar-refractivity contribution in [3.63, 3.8) is 0 Å². The molecular weight excluding hydrogens is 214 g/mol. The summed E-state index contributed by atoms with van der Waals surface area (Å²) in [5.41, 5.74) is -0.577. The maximum absolute atomic E-state index is 12.9. The van der Waals surface area contributed by atoms with Gasteiger partial charge >= 0.3 is 0 Å². The predicted molar refractivity (Wildman–Crippen MR) is 57.2 cm³/mol. The number of aliphatic hydroxyl groups is 1. The second-order valence-electron chi connectivity index (χ2n) is 4.16. The molecule has 0 amide bonds. The molecule has 4 heteroatoms. The summed E-state index contributed by atoms with van der Waals surface area (Å²) in [7, 11) is 1.49. The van der Waals surface area contributed by atoms with Gasteiger partial charge in [-0.25, -0.2) is 8.78 Å². The Morgan fingerprint density at radius 2 is 2.00 bits per heavy atom. The maximum Gasteiger partial charge on any atom is 0.159 e. The van der Waals surface area contributed by atoms with Crippen molar-refractivity contribution >= 4 is 0 Å². The van der Waals surface area contributed by atoms with Gasteiger partial charge in [-0.3, -0.25) is 0 Å². The molecular formula is C12H16F2O2. The van der Waals surface area contributed by atoms with E-state index in [1.807, 2.05) is 0 Å². The van der Waals surface area contributed by atoms with Crippen LogP contribution in [0.4, 0.5) is 8.78 Å². The van der Waals surface area contributed by atoms with E-state index < -0.39 is 17.2 Å². The average molecular weight is 230 g/mol. The molecule has 1 rings (SSSR count). The molecule has 0 aliphatic carbocycles. The van der Waals surface area contributed by atoms with Gasteiger partial charge < -0.3 is 9.84 Å². The lowest BCUT2D eigenvalue weighted by molar-refractivity contribution is -0.0716. The molecule has 0 saturated heterocycles. The van der Waals surface area contributed by atoms with E-state index >= 15 is 0 Å². The molecule has 0 aliphatic rings. The van der Waals surface area contributed by atoms with Crippen LogP contribution in [0.3, 0.4) is 0 Å². The number of rotatable bonds is 4. The molecule has 16 heavy (non-hydrogen) atoms. The van der Waals surface area contributed by atoms with Crippen molar-refractivity contribution in [2.75, 3.05) is 7.11 Å².